The molecule has 0 saturated carbocycles. The van der Waals surface area contributed by atoms with Gasteiger partial charge >= 0.3 is 11.9 Å². The molecule has 1 atom stereocenters. The van der Waals surface area contributed by atoms with E-state index >= 15 is 0 Å². The molecule has 0 radical (unpaired) electrons. The fraction of sp³-hybridized carbons (Fsp3) is 0.583. The Bertz CT molecular complexity index is 667. The van der Waals surface area contributed by atoms with Crippen molar-refractivity contribution in [3.05, 3.63) is 47.5 Å². The molecule has 1 aromatic carbocycles. The van der Waals surface area contributed by atoms with E-state index in [1.807, 2.05) is 36.4 Å². The van der Waals surface area contributed by atoms with Gasteiger partial charge in [-0.1, -0.05) is 81.9 Å². The van der Waals surface area contributed by atoms with Gasteiger partial charge in [-0.3, -0.25) is 4.79 Å². The van der Waals surface area contributed by atoms with Crippen LogP contribution in [0.4, 0.5) is 0 Å². The van der Waals surface area contributed by atoms with Gasteiger partial charge in [0, 0.05) is 12.0 Å². The third-order valence-corrected chi connectivity index (χ3v) is 5.26. The zero-order valence-electron chi connectivity index (χ0n) is 17.5. The van der Waals surface area contributed by atoms with Crippen LogP contribution in [0, 0.1) is 0 Å². The molecule has 5 heteroatoms. The summed E-state index contributed by atoms with van der Waals surface area (Å²) in [5.74, 6) is -0.818. The van der Waals surface area contributed by atoms with Crippen molar-refractivity contribution in [3.8, 4) is 0 Å². The topological polar surface area (TPSA) is 72.8 Å². The van der Waals surface area contributed by atoms with E-state index in [-0.39, 0.29) is 26.1 Å². The van der Waals surface area contributed by atoms with Crippen molar-refractivity contribution >= 4 is 11.9 Å². The SMILES string of the molecule is CCCCCCCCC/C=C1/CC(CO)(COC(=O)Cc2ccccc2)OC1=O. The van der Waals surface area contributed by atoms with Gasteiger partial charge in [-0.15, -0.1) is 0 Å². The van der Waals surface area contributed by atoms with Crippen LogP contribution in [-0.2, 0) is 25.5 Å². The summed E-state index contributed by atoms with van der Waals surface area (Å²) in [6.07, 6.45) is 11.7. The molecule has 1 N–H and O–H groups in total. The van der Waals surface area contributed by atoms with Crippen LogP contribution in [0.5, 0.6) is 0 Å². The van der Waals surface area contributed by atoms with Crippen LogP contribution in [0.25, 0.3) is 0 Å². The molecule has 160 valence electrons. The second-order valence-corrected chi connectivity index (χ2v) is 7.87. The summed E-state index contributed by atoms with van der Waals surface area (Å²) in [6.45, 7) is 1.71. The number of esters is 2. The van der Waals surface area contributed by atoms with Gasteiger partial charge in [-0.25, -0.2) is 4.79 Å². The molecule has 29 heavy (non-hydrogen) atoms. The number of hydrogen-bond acceptors (Lipinski definition) is 5. The predicted octanol–water partition coefficient (Wildman–Crippen LogP) is 4.52. The van der Waals surface area contributed by atoms with Crippen molar-refractivity contribution in [3.63, 3.8) is 0 Å². The van der Waals surface area contributed by atoms with E-state index < -0.39 is 17.5 Å². The number of hydrogen-bond donors (Lipinski definition) is 1. The predicted molar refractivity (Wildman–Crippen MR) is 112 cm³/mol. The van der Waals surface area contributed by atoms with Gasteiger partial charge in [0.2, 0.25) is 0 Å². The molecule has 0 aliphatic carbocycles. The van der Waals surface area contributed by atoms with Crippen LogP contribution in [0.1, 0.15) is 70.3 Å². The third kappa shape index (κ3) is 8.01. The number of carbonyl (C=O) groups excluding carboxylic acids is 2. The molecule has 0 bridgehead atoms. The Balaban J connectivity index is 1.75. The molecule has 0 aromatic heterocycles. The highest BCUT2D eigenvalue weighted by Gasteiger charge is 2.44. The fourth-order valence-electron chi connectivity index (χ4n) is 3.49. The Morgan fingerprint density at radius 2 is 1.83 bits per heavy atom. The molecule has 1 aliphatic heterocycles. The largest absolute Gasteiger partial charge is 0.461 e. The Hall–Kier alpha value is -2.14. The number of benzene rings is 1. The third-order valence-electron chi connectivity index (χ3n) is 5.26. The molecule has 1 fully saturated rings. The lowest BCUT2D eigenvalue weighted by Gasteiger charge is -2.24. The summed E-state index contributed by atoms with van der Waals surface area (Å²) < 4.78 is 10.7. The van der Waals surface area contributed by atoms with E-state index in [0.717, 1.165) is 24.8 Å². The zero-order valence-corrected chi connectivity index (χ0v) is 17.5. The quantitative estimate of drug-likeness (QED) is 0.298. The summed E-state index contributed by atoms with van der Waals surface area (Å²) in [4.78, 5) is 24.3. The van der Waals surface area contributed by atoms with Crippen LogP contribution < -0.4 is 0 Å². The molecule has 5 nitrogen and oxygen atoms in total. The van der Waals surface area contributed by atoms with E-state index in [9.17, 15) is 14.7 Å². The van der Waals surface area contributed by atoms with Crippen LogP contribution in [0.15, 0.2) is 42.0 Å². The lowest BCUT2D eigenvalue weighted by atomic mass is 9.98. The smallest absolute Gasteiger partial charge is 0.334 e. The van der Waals surface area contributed by atoms with Crippen LogP contribution in [-0.4, -0.2) is 35.9 Å². The lowest BCUT2D eigenvalue weighted by molar-refractivity contribution is -0.165. The molecule has 1 aliphatic rings. The minimum atomic E-state index is -1.16. The molecule has 2 rings (SSSR count). The van der Waals surface area contributed by atoms with Gasteiger partial charge < -0.3 is 14.6 Å². The highest BCUT2D eigenvalue weighted by Crippen LogP contribution is 2.31. The molecule has 0 spiro atoms. The number of allylic oxidation sites excluding steroid dienone is 1. The zero-order chi connectivity index (χ0) is 21.0. The van der Waals surface area contributed by atoms with Crippen molar-refractivity contribution in [2.75, 3.05) is 13.2 Å². The van der Waals surface area contributed by atoms with E-state index in [0.29, 0.717) is 5.57 Å². The van der Waals surface area contributed by atoms with Crippen LogP contribution in [0.3, 0.4) is 0 Å². The number of cyclic esters (lactones) is 1. The van der Waals surface area contributed by atoms with Gasteiger partial charge in [0.15, 0.2) is 5.60 Å². The molecule has 1 heterocycles. The number of ether oxygens (including phenoxy) is 2. The number of rotatable bonds is 13. The van der Waals surface area contributed by atoms with Gasteiger partial charge in [-0.05, 0) is 18.4 Å². The molecular weight excluding hydrogens is 368 g/mol. The second-order valence-electron chi connectivity index (χ2n) is 7.87. The van der Waals surface area contributed by atoms with Gasteiger partial charge in [0.25, 0.3) is 0 Å². The summed E-state index contributed by atoms with van der Waals surface area (Å²) >= 11 is 0. The van der Waals surface area contributed by atoms with Gasteiger partial charge in [0.05, 0.1) is 13.0 Å². The van der Waals surface area contributed by atoms with E-state index in [4.69, 9.17) is 9.47 Å². The highest BCUT2D eigenvalue weighted by molar-refractivity contribution is 5.91. The maximum atomic E-state index is 12.2. The first kappa shape index (κ1) is 23.1. The average molecular weight is 403 g/mol. The van der Waals surface area contributed by atoms with Gasteiger partial charge in [-0.2, -0.15) is 0 Å². The summed E-state index contributed by atoms with van der Waals surface area (Å²) in [5.41, 5.74) is 0.272. The maximum Gasteiger partial charge on any atom is 0.334 e. The summed E-state index contributed by atoms with van der Waals surface area (Å²) in [6, 6.07) is 9.30. The average Bonchev–Trinajstić information content (AvgIpc) is 3.05. The normalized spacial score (nSPS) is 20.1. The van der Waals surface area contributed by atoms with Gasteiger partial charge in [0.1, 0.15) is 6.61 Å². The number of aliphatic hydroxyl groups is 1. The highest BCUT2D eigenvalue weighted by atomic mass is 16.6. The Morgan fingerprint density at radius 1 is 1.14 bits per heavy atom. The Labute approximate surface area is 174 Å². The van der Waals surface area contributed by atoms with Crippen molar-refractivity contribution in [2.45, 2.75) is 76.7 Å². The Morgan fingerprint density at radius 3 is 2.52 bits per heavy atom. The molecular formula is C24H34O5. The first-order valence-corrected chi connectivity index (χ1v) is 10.8. The van der Waals surface area contributed by atoms with Crippen molar-refractivity contribution in [1.29, 1.82) is 0 Å². The molecule has 1 unspecified atom stereocenters. The minimum absolute atomic E-state index is 0.129. The minimum Gasteiger partial charge on any atom is -0.461 e. The lowest BCUT2D eigenvalue weighted by Crippen LogP contribution is -2.39. The molecule has 1 saturated heterocycles. The van der Waals surface area contributed by atoms with Crippen LogP contribution >= 0.6 is 0 Å². The van der Waals surface area contributed by atoms with Crippen molar-refractivity contribution < 1.29 is 24.2 Å². The monoisotopic (exact) mass is 402 g/mol. The van der Waals surface area contributed by atoms with E-state index in [1.54, 1.807) is 0 Å². The molecule has 0 amide bonds. The van der Waals surface area contributed by atoms with Crippen molar-refractivity contribution in [1.82, 2.24) is 0 Å². The standard InChI is InChI=1S/C24H34O5/c1-2-3-4-5-6-7-8-12-15-21-17-24(18-25,29-23(21)27)19-28-22(26)16-20-13-10-9-11-14-20/h9-11,13-15,25H,2-8,12,16-19H2,1H3/b21-15-. The Kier molecular flexibility index (Phi) is 9.92. The van der Waals surface area contributed by atoms with E-state index in [2.05, 4.69) is 6.92 Å². The summed E-state index contributed by atoms with van der Waals surface area (Å²) in [5, 5.41) is 9.77. The fourth-order valence-corrected chi connectivity index (χ4v) is 3.49. The van der Waals surface area contributed by atoms with E-state index in [1.165, 1.54) is 32.1 Å². The first-order chi connectivity index (χ1) is 14.1. The maximum absolute atomic E-state index is 12.2. The number of aliphatic hydroxyl groups excluding tert-OH is 1. The first-order valence-electron chi connectivity index (χ1n) is 10.8. The van der Waals surface area contributed by atoms with Crippen LogP contribution in [0.2, 0.25) is 0 Å². The number of unbranched alkanes of at least 4 members (excludes halogenated alkanes) is 7. The van der Waals surface area contributed by atoms with Crippen molar-refractivity contribution in [2.24, 2.45) is 0 Å². The number of carbonyl (C=O) groups is 2. The summed E-state index contributed by atoms with van der Waals surface area (Å²) in [7, 11) is 0. The second kappa shape index (κ2) is 12.4. The molecule has 1 aromatic rings.